The molecule has 1 atom stereocenters. The standard InChI is InChI=1S/C15H29N3O3/c1-3-4-5-6-12(2)18-14(20)17-11-15(13(16)19)7-9-21-10-8-15/h12H,3-11H2,1-2H3,(H2,16,19)(H2,17,18,20). The highest BCUT2D eigenvalue weighted by atomic mass is 16.5. The van der Waals surface area contributed by atoms with Crippen LogP contribution in [0.1, 0.15) is 52.4 Å². The van der Waals surface area contributed by atoms with Gasteiger partial charge in [0.05, 0.1) is 5.41 Å². The molecule has 0 bridgehead atoms. The molecule has 0 saturated carbocycles. The van der Waals surface area contributed by atoms with Crippen molar-refractivity contribution in [3.8, 4) is 0 Å². The van der Waals surface area contributed by atoms with Gasteiger partial charge in [-0.1, -0.05) is 26.2 Å². The number of unbranched alkanes of at least 4 members (excludes halogenated alkanes) is 2. The summed E-state index contributed by atoms with van der Waals surface area (Å²) in [7, 11) is 0. The van der Waals surface area contributed by atoms with E-state index in [2.05, 4.69) is 17.6 Å². The molecule has 0 aromatic heterocycles. The number of hydrogen-bond acceptors (Lipinski definition) is 3. The molecule has 4 N–H and O–H groups in total. The number of urea groups is 1. The van der Waals surface area contributed by atoms with E-state index in [9.17, 15) is 9.59 Å². The van der Waals surface area contributed by atoms with Gasteiger partial charge in [-0.3, -0.25) is 4.79 Å². The predicted octanol–water partition coefficient (Wildman–Crippen LogP) is 1.54. The van der Waals surface area contributed by atoms with E-state index >= 15 is 0 Å². The van der Waals surface area contributed by atoms with Crippen LogP contribution in [-0.4, -0.2) is 37.7 Å². The molecule has 1 heterocycles. The highest BCUT2D eigenvalue weighted by molar-refractivity contribution is 5.82. The number of nitrogens with one attached hydrogen (secondary N) is 2. The molecule has 122 valence electrons. The fraction of sp³-hybridized carbons (Fsp3) is 0.867. The molecule has 1 unspecified atom stereocenters. The minimum absolute atomic E-state index is 0.135. The Kier molecular flexibility index (Phi) is 7.50. The molecule has 1 aliphatic heterocycles. The van der Waals surface area contributed by atoms with Gasteiger partial charge in [-0.05, 0) is 26.2 Å². The van der Waals surface area contributed by atoms with Gasteiger partial charge in [0.1, 0.15) is 0 Å². The zero-order chi connectivity index (χ0) is 15.7. The van der Waals surface area contributed by atoms with Crippen molar-refractivity contribution in [1.82, 2.24) is 10.6 Å². The van der Waals surface area contributed by atoms with E-state index in [-0.39, 0.29) is 24.5 Å². The Bertz CT molecular complexity index is 341. The highest BCUT2D eigenvalue weighted by Gasteiger charge is 2.38. The smallest absolute Gasteiger partial charge is 0.315 e. The van der Waals surface area contributed by atoms with Gasteiger partial charge in [-0.2, -0.15) is 0 Å². The summed E-state index contributed by atoms with van der Waals surface area (Å²) in [5.74, 6) is -0.359. The summed E-state index contributed by atoms with van der Waals surface area (Å²) in [4.78, 5) is 23.6. The van der Waals surface area contributed by atoms with Crippen molar-refractivity contribution in [2.24, 2.45) is 11.1 Å². The van der Waals surface area contributed by atoms with E-state index in [0.717, 1.165) is 12.8 Å². The second-order valence-electron chi connectivity index (χ2n) is 5.98. The average molecular weight is 299 g/mol. The van der Waals surface area contributed by atoms with Crippen molar-refractivity contribution < 1.29 is 14.3 Å². The second kappa shape index (κ2) is 8.87. The summed E-state index contributed by atoms with van der Waals surface area (Å²) >= 11 is 0. The van der Waals surface area contributed by atoms with Gasteiger partial charge in [0.15, 0.2) is 0 Å². The normalized spacial score (nSPS) is 18.8. The van der Waals surface area contributed by atoms with Crippen molar-refractivity contribution in [1.29, 1.82) is 0 Å². The third-order valence-electron chi connectivity index (χ3n) is 4.18. The maximum absolute atomic E-state index is 11.9. The van der Waals surface area contributed by atoms with Crippen LogP contribution < -0.4 is 16.4 Å². The first-order valence-electron chi connectivity index (χ1n) is 7.92. The molecule has 0 aromatic rings. The van der Waals surface area contributed by atoms with E-state index in [1.807, 2.05) is 6.92 Å². The van der Waals surface area contributed by atoms with Crippen molar-refractivity contribution >= 4 is 11.9 Å². The van der Waals surface area contributed by atoms with Crippen LogP contribution in [0.3, 0.4) is 0 Å². The maximum Gasteiger partial charge on any atom is 0.315 e. The lowest BCUT2D eigenvalue weighted by Crippen LogP contribution is -2.52. The van der Waals surface area contributed by atoms with Gasteiger partial charge in [0.25, 0.3) is 0 Å². The first-order valence-corrected chi connectivity index (χ1v) is 7.92. The number of nitrogens with two attached hydrogens (primary N) is 1. The average Bonchev–Trinajstić information content (AvgIpc) is 2.46. The Labute approximate surface area is 127 Å². The highest BCUT2D eigenvalue weighted by Crippen LogP contribution is 2.29. The van der Waals surface area contributed by atoms with Crippen LogP contribution in [0.5, 0.6) is 0 Å². The van der Waals surface area contributed by atoms with Crippen LogP contribution in [-0.2, 0) is 9.53 Å². The number of rotatable bonds is 8. The van der Waals surface area contributed by atoms with Crippen LogP contribution in [0.4, 0.5) is 4.79 Å². The third kappa shape index (κ3) is 5.91. The van der Waals surface area contributed by atoms with E-state index in [1.54, 1.807) is 0 Å². The lowest BCUT2D eigenvalue weighted by Gasteiger charge is -2.34. The topological polar surface area (TPSA) is 93.5 Å². The number of carbonyl (C=O) groups is 2. The van der Waals surface area contributed by atoms with Crippen molar-refractivity contribution in [3.05, 3.63) is 0 Å². The Hall–Kier alpha value is -1.30. The van der Waals surface area contributed by atoms with E-state index in [4.69, 9.17) is 10.5 Å². The summed E-state index contributed by atoms with van der Waals surface area (Å²) in [5.41, 5.74) is 4.84. The van der Waals surface area contributed by atoms with Crippen molar-refractivity contribution in [2.45, 2.75) is 58.4 Å². The molecular weight excluding hydrogens is 270 g/mol. The molecule has 1 aliphatic rings. The first-order chi connectivity index (χ1) is 10.00. The van der Waals surface area contributed by atoms with Gasteiger partial charge in [-0.15, -0.1) is 0 Å². The molecule has 0 aromatic carbocycles. The van der Waals surface area contributed by atoms with E-state index in [0.29, 0.717) is 26.1 Å². The second-order valence-corrected chi connectivity index (χ2v) is 5.98. The summed E-state index contributed by atoms with van der Waals surface area (Å²) in [6.07, 6.45) is 5.56. The van der Waals surface area contributed by atoms with Gasteiger partial charge >= 0.3 is 6.03 Å². The van der Waals surface area contributed by atoms with Crippen molar-refractivity contribution in [2.75, 3.05) is 19.8 Å². The molecule has 0 spiro atoms. The minimum Gasteiger partial charge on any atom is -0.381 e. The Morgan fingerprint density at radius 3 is 2.52 bits per heavy atom. The Morgan fingerprint density at radius 2 is 1.95 bits per heavy atom. The number of amides is 3. The first kappa shape index (κ1) is 17.8. The van der Waals surface area contributed by atoms with Gasteiger partial charge < -0.3 is 21.1 Å². The lowest BCUT2D eigenvalue weighted by atomic mass is 9.79. The fourth-order valence-corrected chi connectivity index (χ4v) is 2.57. The zero-order valence-electron chi connectivity index (χ0n) is 13.2. The molecule has 21 heavy (non-hydrogen) atoms. The Balaban J connectivity index is 2.34. The van der Waals surface area contributed by atoms with Gasteiger partial charge in [0, 0.05) is 25.8 Å². The lowest BCUT2D eigenvalue weighted by molar-refractivity contribution is -0.132. The van der Waals surface area contributed by atoms with Crippen LogP contribution in [0.2, 0.25) is 0 Å². The molecule has 1 fully saturated rings. The molecule has 6 heteroatoms. The van der Waals surface area contributed by atoms with Gasteiger partial charge in [-0.25, -0.2) is 4.79 Å². The molecule has 0 radical (unpaired) electrons. The number of primary amides is 1. The third-order valence-corrected chi connectivity index (χ3v) is 4.18. The summed E-state index contributed by atoms with van der Waals surface area (Å²) < 4.78 is 5.27. The summed E-state index contributed by atoms with van der Waals surface area (Å²) in [6.45, 7) is 5.45. The molecule has 6 nitrogen and oxygen atoms in total. The maximum atomic E-state index is 11.9. The molecular formula is C15H29N3O3. The molecule has 3 amide bonds. The SMILES string of the molecule is CCCCCC(C)NC(=O)NCC1(C(N)=O)CCOCC1. The minimum atomic E-state index is -0.666. The molecule has 1 saturated heterocycles. The number of hydrogen-bond donors (Lipinski definition) is 3. The number of carbonyl (C=O) groups excluding carboxylic acids is 2. The zero-order valence-corrected chi connectivity index (χ0v) is 13.2. The fourth-order valence-electron chi connectivity index (χ4n) is 2.57. The van der Waals surface area contributed by atoms with Crippen LogP contribution >= 0.6 is 0 Å². The van der Waals surface area contributed by atoms with E-state index in [1.165, 1.54) is 12.8 Å². The largest absolute Gasteiger partial charge is 0.381 e. The predicted molar refractivity (Wildman–Crippen MR) is 81.8 cm³/mol. The molecule has 1 rings (SSSR count). The quantitative estimate of drug-likeness (QED) is 0.593. The van der Waals surface area contributed by atoms with Crippen LogP contribution in [0.25, 0.3) is 0 Å². The molecule has 0 aliphatic carbocycles. The van der Waals surface area contributed by atoms with Crippen LogP contribution in [0.15, 0.2) is 0 Å². The van der Waals surface area contributed by atoms with Crippen LogP contribution in [0, 0.1) is 5.41 Å². The van der Waals surface area contributed by atoms with Gasteiger partial charge in [0.2, 0.25) is 5.91 Å². The monoisotopic (exact) mass is 299 g/mol. The Morgan fingerprint density at radius 1 is 1.29 bits per heavy atom. The number of ether oxygens (including phenoxy) is 1. The summed E-state index contributed by atoms with van der Waals surface area (Å²) in [5, 5.41) is 5.69. The summed E-state index contributed by atoms with van der Waals surface area (Å²) in [6, 6.07) is -0.0955. The van der Waals surface area contributed by atoms with Crippen molar-refractivity contribution in [3.63, 3.8) is 0 Å². The van der Waals surface area contributed by atoms with E-state index < -0.39 is 5.41 Å².